The summed E-state index contributed by atoms with van der Waals surface area (Å²) in [4.78, 5) is 83.1. The van der Waals surface area contributed by atoms with Crippen molar-refractivity contribution in [1.82, 2.24) is 35.4 Å². The van der Waals surface area contributed by atoms with E-state index in [-0.39, 0.29) is 35.7 Å². The number of nitrogens with zero attached hydrogens (tertiary/aromatic N) is 6. The first-order valence-electron chi connectivity index (χ1n) is 18.5. The molecule has 14 heteroatoms. The fourth-order valence-corrected chi connectivity index (χ4v) is 7.94. The van der Waals surface area contributed by atoms with Crippen molar-refractivity contribution in [2.24, 2.45) is 0 Å². The van der Waals surface area contributed by atoms with Crippen molar-refractivity contribution in [3.63, 3.8) is 0 Å². The van der Waals surface area contributed by atoms with Crippen LogP contribution in [0.1, 0.15) is 70.1 Å². The molecule has 0 bridgehead atoms. The van der Waals surface area contributed by atoms with E-state index >= 15 is 0 Å². The summed E-state index contributed by atoms with van der Waals surface area (Å²) >= 11 is 0. The molecule has 3 saturated heterocycles. The number of imide groups is 1. The van der Waals surface area contributed by atoms with Crippen molar-refractivity contribution in [3.8, 4) is 0 Å². The monoisotopic (exact) mass is 717 g/mol. The Hall–Kier alpha value is -5.63. The maximum atomic E-state index is 13.1. The van der Waals surface area contributed by atoms with E-state index in [0.29, 0.717) is 30.6 Å². The first kappa shape index (κ1) is 34.5. The van der Waals surface area contributed by atoms with E-state index in [4.69, 9.17) is 0 Å². The third kappa shape index (κ3) is 7.10. The average Bonchev–Trinajstić information content (AvgIpc) is 3.50. The number of aromatic nitrogens is 3. The van der Waals surface area contributed by atoms with Gasteiger partial charge in [0, 0.05) is 87.8 Å². The SMILES string of the molecule is CCc1cc2ncc(CN3CCN(c4ccc(C(=O)NC5CCN(c6ccc7c(c6)CN(C6CCC(=O)NC6=O)C7=O)CC5)nc4)CC3)cc2[nH]c1=O. The molecule has 1 unspecified atom stereocenters. The van der Waals surface area contributed by atoms with Gasteiger partial charge in [0.25, 0.3) is 17.4 Å². The smallest absolute Gasteiger partial charge is 0.270 e. The zero-order valence-electron chi connectivity index (χ0n) is 29.8. The van der Waals surface area contributed by atoms with Crippen LogP contribution in [0.2, 0.25) is 0 Å². The zero-order chi connectivity index (χ0) is 36.6. The fraction of sp³-hybridized carbons (Fsp3) is 0.410. The van der Waals surface area contributed by atoms with Crippen LogP contribution in [-0.4, -0.2) is 99.7 Å². The highest BCUT2D eigenvalue weighted by Crippen LogP contribution is 2.31. The van der Waals surface area contributed by atoms with Crippen LogP contribution in [0.15, 0.2) is 59.7 Å². The van der Waals surface area contributed by atoms with Crippen LogP contribution in [-0.2, 0) is 29.1 Å². The predicted octanol–water partition coefficient (Wildman–Crippen LogP) is 2.36. The highest BCUT2D eigenvalue weighted by Gasteiger charge is 2.39. The summed E-state index contributed by atoms with van der Waals surface area (Å²) in [6.07, 6.45) is 6.47. The Morgan fingerprint density at radius 3 is 2.38 bits per heavy atom. The maximum absolute atomic E-state index is 13.1. The van der Waals surface area contributed by atoms with Gasteiger partial charge in [0.2, 0.25) is 11.8 Å². The number of nitrogens with one attached hydrogen (secondary N) is 3. The van der Waals surface area contributed by atoms with Crippen molar-refractivity contribution in [2.75, 3.05) is 49.1 Å². The molecular weight excluding hydrogens is 674 g/mol. The third-order valence-corrected chi connectivity index (χ3v) is 11.0. The molecule has 4 aromatic rings. The molecule has 4 aliphatic heterocycles. The number of fused-ring (bicyclic) bond motifs is 2. The largest absolute Gasteiger partial charge is 0.371 e. The molecule has 274 valence electrons. The Kier molecular flexibility index (Phi) is 9.37. The lowest BCUT2D eigenvalue weighted by molar-refractivity contribution is -0.136. The molecular formula is C39H43N9O5. The van der Waals surface area contributed by atoms with Gasteiger partial charge in [0.05, 0.1) is 22.9 Å². The number of pyridine rings is 3. The van der Waals surface area contributed by atoms with Gasteiger partial charge in [0.1, 0.15) is 11.7 Å². The highest BCUT2D eigenvalue weighted by molar-refractivity contribution is 6.05. The minimum Gasteiger partial charge on any atom is -0.371 e. The summed E-state index contributed by atoms with van der Waals surface area (Å²) in [6, 6.07) is 12.8. The van der Waals surface area contributed by atoms with Crippen molar-refractivity contribution >= 4 is 46.0 Å². The molecule has 0 radical (unpaired) electrons. The molecule has 3 N–H and O–H groups in total. The first-order chi connectivity index (χ1) is 25.7. The standard InChI is InChI=1S/C39H43N9O5/c1-2-25-19-32-33(43-36(25)50)17-24(20-40-32)22-45-13-15-47(16-14-45)29-4-6-31(41-21-29)37(51)42-27-9-11-46(12-10-27)28-3-5-30-26(18-28)23-48(39(30)53)34-7-8-35(49)44-38(34)52/h3-6,17-21,27,34H,2,7-16,22-23H2,1H3,(H,42,51)(H,43,50)(H,44,49,52). The first-order valence-corrected chi connectivity index (χ1v) is 18.5. The lowest BCUT2D eigenvalue weighted by Crippen LogP contribution is -2.52. The van der Waals surface area contributed by atoms with Gasteiger partial charge in [0.15, 0.2) is 0 Å². The lowest BCUT2D eigenvalue weighted by atomic mass is 10.0. The van der Waals surface area contributed by atoms with E-state index in [9.17, 15) is 24.0 Å². The molecule has 14 nitrogen and oxygen atoms in total. The Bertz CT molecular complexity index is 2140. The lowest BCUT2D eigenvalue weighted by Gasteiger charge is -2.36. The number of hydrogen-bond donors (Lipinski definition) is 3. The van der Waals surface area contributed by atoms with Gasteiger partial charge in [-0.05, 0) is 79.3 Å². The second-order valence-corrected chi connectivity index (χ2v) is 14.4. The molecule has 4 amide bonds. The minimum atomic E-state index is -0.632. The third-order valence-electron chi connectivity index (χ3n) is 11.0. The number of piperidine rings is 2. The summed E-state index contributed by atoms with van der Waals surface area (Å²) in [7, 11) is 0. The number of carbonyl (C=O) groups excluding carboxylic acids is 4. The molecule has 1 aromatic carbocycles. The fourth-order valence-electron chi connectivity index (χ4n) is 7.94. The number of hydrogen-bond acceptors (Lipinski definition) is 10. The van der Waals surface area contributed by atoms with Crippen LogP contribution in [0, 0.1) is 0 Å². The van der Waals surface area contributed by atoms with E-state index in [1.165, 1.54) is 0 Å². The average molecular weight is 718 g/mol. The Labute approximate surface area is 306 Å². The van der Waals surface area contributed by atoms with Gasteiger partial charge < -0.3 is 25.0 Å². The summed E-state index contributed by atoms with van der Waals surface area (Å²) in [5.74, 6) is -1.07. The number of aryl methyl sites for hydroxylation is 1. The molecule has 8 rings (SSSR count). The Balaban J connectivity index is 0.798. The normalized spacial score (nSPS) is 19.8. The molecule has 3 fully saturated rings. The van der Waals surface area contributed by atoms with E-state index in [0.717, 1.165) is 97.8 Å². The van der Waals surface area contributed by atoms with Gasteiger partial charge in [-0.25, -0.2) is 4.98 Å². The summed E-state index contributed by atoms with van der Waals surface area (Å²) < 4.78 is 0. The molecule has 4 aliphatic rings. The van der Waals surface area contributed by atoms with Gasteiger partial charge in [-0.1, -0.05) is 6.92 Å². The quantitative estimate of drug-likeness (QED) is 0.231. The number of amides is 4. The maximum Gasteiger partial charge on any atom is 0.270 e. The highest BCUT2D eigenvalue weighted by atomic mass is 16.2. The molecule has 7 heterocycles. The van der Waals surface area contributed by atoms with Crippen LogP contribution in [0.25, 0.3) is 11.0 Å². The number of aromatic amines is 1. The van der Waals surface area contributed by atoms with Gasteiger partial charge in [-0.3, -0.25) is 39.2 Å². The molecule has 0 aliphatic carbocycles. The van der Waals surface area contributed by atoms with Gasteiger partial charge in [-0.2, -0.15) is 0 Å². The summed E-state index contributed by atoms with van der Waals surface area (Å²) in [6.45, 7) is 7.98. The van der Waals surface area contributed by atoms with Gasteiger partial charge in [-0.15, -0.1) is 0 Å². The van der Waals surface area contributed by atoms with E-state index in [1.54, 1.807) is 17.2 Å². The number of anilines is 2. The number of rotatable bonds is 8. The van der Waals surface area contributed by atoms with Crippen molar-refractivity contribution in [2.45, 2.75) is 64.2 Å². The topological polar surface area (TPSA) is 164 Å². The Morgan fingerprint density at radius 1 is 0.868 bits per heavy atom. The molecule has 1 atom stereocenters. The number of piperazine rings is 1. The van der Waals surface area contributed by atoms with Gasteiger partial charge >= 0.3 is 0 Å². The molecule has 3 aromatic heterocycles. The van der Waals surface area contributed by atoms with E-state index in [1.807, 2.05) is 49.5 Å². The van der Waals surface area contributed by atoms with Crippen molar-refractivity contribution < 1.29 is 19.2 Å². The van der Waals surface area contributed by atoms with Crippen LogP contribution < -0.4 is 26.0 Å². The van der Waals surface area contributed by atoms with Crippen LogP contribution in [0.4, 0.5) is 11.4 Å². The molecule has 0 saturated carbocycles. The zero-order valence-corrected chi connectivity index (χ0v) is 29.8. The van der Waals surface area contributed by atoms with Crippen LogP contribution in [0.3, 0.4) is 0 Å². The van der Waals surface area contributed by atoms with E-state index < -0.39 is 11.9 Å². The number of H-pyrrole nitrogens is 1. The van der Waals surface area contributed by atoms with E-state index in [2.05, 4.69) is 40.3 Å². The molecule has 0 spiro atoms. The van der Waals surface area contributed by atoms with Crippen LogP contribution >= 0.6 is 0 Å². The predicted molar refractivity (Wildman–Crippen MR) is 199 cm³/mol. The van der Waals surface area contributed by atoms with Crippen molar-refractivity contribution in [1.29, 1.82) is 0 Å². The second kappa shape index (κ2) is 14.4. The summed E-state index contributed by atoms with van der Waals surface area (Å²) in [5.41, 5.74) is 7.20. The second-order valence-electron chi connectivity index (χ2n) is 14.4. The molecule has 53 heavy (non-hydrogen) atoms. The Morgan fingerprint density at radius 2 is 1.64 bits per heavy atom. The number of benzene rings is 1. The van der Waals surface area contributed by atoms with Crippen molar-refractivity contribution in [3.05, 3.63) is 93.2 Å². The number of carbonyl (C=O) groups is 4. The minimum absolute atomic E-state index is 0.0270. The summed E-state index contributed by atoms with van der Waals surface area (Å²) in [5, 5.41) is 5.51. The van der Waals surface area contributed by atoms with Crippen LogP contribution in [0.5, 0.6) is 0 Å².